The maximum absolute atomic E-state index is 13.4. The van der Waals surface area contributed by atoms with E-state index in [1.54, 1.807) is 21.4 Å². The number of aryl methyl sites for hydroxylation is 1. The third kappa shape index (κ3) is 3.18. The molecule has 0 spiro atoms. The first-order valence-electron chi connectivity index (χ1n) is 9.84. The molecular weight excluding hydrogens is 404 g/mol. The number of hydrogen-bond donors (Lipinski definition) is 1. The summed E-state index contributed by atoms with van der Waals surface area (Å²) in [7, 11) is 1.89. The summed E-state index contributed by atoms with van der Waals surface area (Å²) in [6.07, 6.45) is 2.74. The topological polar surface area (TPSA) is 80.9 Å². The van der Waals surface area contributed by atoms with E-state index < -0.39 is 0 Å². The fourth-order valence-electron chi connectivity index (χ4n) is 4.17. The molecule has 5 rings (SSSR count). The highest BCUT2D eigenvalue weighted by Gasteiger charge is 2.23. The number of para-hydroxylation sites is 1. The number of aromatic amines is 1. The zero-order valence-corrected chi connectivity index (χ0v) is 17.3. The van der Waals surface area contributed by atoms with Crippen LogP contribution in [0.1, 0.15) is 17.8 Å². The minimum atomic E-state index is -0.207. The molecular formula is C21H21ClN6O2. The van der Waals surface area contributed by atoms with Gasteiger partial charge in [0.05, 0.1) is 33.0 Å². The summed E-state index contributed by atoms with van der Waals surface area (Å²) in [5.41, 5.74) is 2.47. The maximum Gasteiger partial charge on any atom is 0.280 e. The van der Waals surface area contributed by atoms with Crippen molar-refractivity contribution in [2.75, 3.05) is 6.54 Å². The predicted molar refractivity (Wildman–Crippen MR) is 115 cm³/mol. The van der Waals surface area contributed by atoms with Crippen molar-refractivity contribution in [2.24, 2.45) is 7.05 Å². The Balaban J connectivity index is 1.64. The second-order valence-electron chi connectivity index (χ2n) is 7.62. The van der Waals surface area contributed by atoms with Gasteiger partial charge < -0.3 is 4.57 Å². The van der Waals surface area contributed by atoms with Gasteiger partial charge in [-0.05, 0) is 24.6 Å². The fraction of sp³-hybridized carbons (Fsp3) is 0.286. The van der Waals surface area contributed by atoms with Crippen LogP contribution in [-0.4, -0.2) is 35.6 Å². The van der Waals surface area contributed by atoms with Crippen LogP contribution >= 0.6 is 11.6 Å². The zero-order chi connectivity index (χ0) is 20.8. The molecule has 0 saturated carbocycles. The van der Waals surface area contributed by atoms with Crippen molar-refractivity contribution in [1.29, 1.82) is 0 Å². The first kappa shape index (κ1) is 18.9. The van der Waals surface area contributed by atoms with Crippen LogP contribution < -0.4 is 11.1 Å². The Morgan fingerprint density at radius 1 is 1.17 bits per heavy atom. The van der Waals surface area contributed by atoms with Crippen molar-refractivity contribution >= 4 is 22.5 Å². The number of nitrogens with one attached hydrogen (secondary N) is 1. The summed E-state index contributed by atoms with van der Waals surface area (Å²) in [5.74, 6) is 0. The Hall–Kier alpha value is -3.10. The first-order valence-corrected chi connectivity index (χ1v) is 10.2. The molecule has 0 radical (unpaired) electrons. The van der Waals surface area contributed by atoms with Crippen LogP contribution in [0.15, 0.2) is 52.2 Å². The largest absolute Gasteiger partial charge is 0.310 e. The molecule has 154 valence electrons. The van der Waals surface area contributed by atoms with Gasteiger partial charge in [0.1, 0.15) is 0 Å². The van der Waals surface area contributed by atoms with Crippen LogP contribution in [0.4, 0.5) is 0 Å². The number of aromatic nitrogens is 5. The molecule has 4 heterocycles. The van der Waals surface area contributed by atoms with E-state index in [-0.39, 0.29) is 11.1 Å². The van der Waals surface area contributed by atoms with Crippen LogP contribution in [0.5, 0.6) is 0 Å². The van der Waals surface area contributed by atoms with Gasteiger partial charge in [0.15, 0.2) is 0 Å². The van der Waals surface area contributed by atoms with Gasteiger partial charge in [-0.15, -0.1) is 0 Å². The van der Waals surface area contributed by atoms with Gasteiger partial charge >= 0.3 is 0 Å². The average molecular weight is 425 g/mol. The van der Waals surface area contributed by atoms with Gasteiger partial charge in [-0.2, -0.15) is 5.10 Å². The van der Waals surface area contributed by atoms with E-state index in [1.807, 2.05) is 31.4 Å². The zero-order valence-electron chi connectivity index (χ0n) is 16.5. The summed E-state index contributed by atoms with van der Waals surface area (Å²) in [6, 6.07) is 10.6. The van der Waals surface area contributed by atoms with Crippen LogP contribution in [0.25, 0.3) is 16.6 Å². The molecule has 1 aliphatic heterocycles. The quantitative estimate of drug-likeness (QED) is 0.547. The van der Waals surface area contributed by atoms with E-state index >= 15 is 0 Å². The molecule has 0 amide bonds. The Morgan fingerprint density at radius 3 is 2.77 bits per heavy atom. The summed E-state index contributed by atoms with van der Waals surface area (Å²) < 4.78 is 4.92. The molecule has 0 aliphatic carbocycles. The minimum absolute atomic E-state index is 0.107. The number of rotatable bonds is 3. The maximum atomic E-state index is 13.4. The van der Waals surface area contributed by atoms with Gasteiger partial charge in [-0.25, -0.2) is 4.68 Å². The van der Waals surface area contributed by atoms with Gasteiger partial charge in [-0.1, -0.05) is 23.7 Å². The molecule has 8 nitrogen and oxygen atoms in total. The molecule has 0 unspecified atom stereocenters. The van der Waals surface area contributed by atoms with E-state index in [0.29, 0.717) is 41.2 Å². The summed E-state index contributed by atoms with van der Waals surface area (Å²) in [5, 5.41) is 8.53. The van der Waals surface area contributed by atoms with Crippen molar-refractivity contribution in [2.45, 2.75) is 26.1 Å². The smallest absolute Gasteiger partial charge is 0.280 e. The van der Waals surface area contributed by atoms with Gasteiger partial charge in [0.25, 0.3) is 11.1 Å². The molecule has 3 aromatic heterocycles. The van der Waals surface area contributed by atoms with Crippen LogP contribution in [0.2, 0.25) is 5.02 Å². The number of pyridine rings is 1. The molecule has 0 bridgehead atoms. The Morgan fingerprint density at radius 2 is 2.00 bits per heavy atom. The number of halogens is 1. The van der Waals surface area contributed by atoms with E-state index in [0.717, 1.165) is 24.4 Å². The molecule has 0 fully saturated rings. The Kier molecular flexibility index (Phi) is 4.60. The third-order valence-electron chi connectivity index (χ3n) is 5.54. The molecule has 4 aromatic rings. The molecule has 0 atom stereocenters. The van der Waals surface area contributed by atoms with Crippen LogP contribution in [-0.2, 0) is 26.7 Å². The average Bonchev–Trinajstić information content (AvgIpc) is 3.18. The lowest BCUT2D eigenvalue weighted by Gasteiger charge is -2.19. The predicted octanol–water partition coefficient (Wildman–Crippen LogP) is 2.27. The minimum Gasteiger partial charge on any atom is -0.310 e. The number of H-pyrrole nitrogens is 1. The lowest BCUT2D eigenvalue weighted by atomic mass is 10.2. The lowest BCUT2D eigenvalue weighted by Crippen LogP contribution is -2.27. The van der Waals surface area contributed by atoms with Crippen molar-refractivity contribution in [3.63, 3.8) is 0 Å². The molecule has 1 N–H and O–H groups in total. The van der Waals surface area contributed by atoms with E-state index in [2.05, 4.69) is 15.1 Å². The molecule has 30 heavy (non-hydrogen) atoms. The standard InChI is InChI=1S/C21H21ClN6O2/c1-25-10-7-14(23-25)12-26-8-4-9-27-18(13-26)20-16(11-19(27)29)24-28(21(20)30)17-6-3-2-5-15(17)22/h2-3,5-7,10-11,24H,4,8-9,12-13H2,1H3. The number of fused-ring (bicyclic) bond motifs is 3. The summed E-state index contributed by atoms with van der Waals surface area (Å²) in [6.45, 7) is 2.56. The Labute approximate surface area is 176 Å². The van der Waals surface area contributed by atoms with Crippen LogP contribution in [0.3, 0.4) is 0 Å². The highest BCUT2D eigenvalue weighted by atomic mass is 35.5. The highest BCUT2D eigenvalue weighted by molar-refractivity contribution is 6.32. The third-order valence-corrected chi connectivity index (χ3v) is 5.86. The van der Waals surface area contributed by atoms with Gasteiger partial charge in [0, 0.05) is 45.5 Å². The molecule has 1 aromatic carbocycles. The highest BCUT2D eigenvalue weighted by Crippen LogP contribution is 2.22. The number of benzene rings is 1. The lowest BCUT2D eigenvalue weighted by molar-refractivity contribution is 0.258. The summed E-state index contributed by atoms with van der Waals surface area (Å²) >= 11 is 6.31. The van der Waals surface area contributed by atoms with Crippen LogP contribution in [0, 0.1) is 0 Å². The first-order chi connectivity index (χ1) is 14.5. The van der Waals surface area contributed by atoms with E-state index in [1.165, 1.54) is 10.7 Å². The summed E-state index contributed by atoms with van der Waals surface area (Å²) in [4.78, 5) is 28.4. The second-order valence-corrected chi connectivity index (χ2v) is 8.03. The number of hydrogen-bond acceptors (Lipinski definition) is 4. The molecule has 1 aliphatic rings. The Bertz CT molecular complexity index is 1360. The molecule has 9 heteroatoms. The van der Waals surface area contributed by atoms with Gasteiger partial charge in [-0.3, -0.25) is 24.3 Å². The van der Waals surface area contributed by atoms with E-state index in [9.17, 15) is 9.59 Å². The second kappa shape index (κ2) is 7.30. The van der Waals surface area contributed by atoms with Crippen molar-refractivity contribution < 1.29 is 0 Å². The van der Waals surface area contributed by atoms with Crippen molar-refractivity contribution in [1.82, 2.24) is 29.0 Å². The van der Waals surface area contributed by atoms with E-state index in [4.69, 9.17) is 11.6 Å². The normalized spacial score (nSPS) is 14.7. The van der Waals surface area contributed by atoms with Gasteiger partial charge in [0.2, 0.25) is 0 Å². The number of nitrogens with zero attached hydrogens (tertiary/aromatic N) is 5. The monoisotopic (exact) mass is 424 g/mol. The van der Waals surface area contributed by atoms with Crippen molar-refractivity contribution in [3.8, 4) is 5.69 Å². The SMILES string of the molecule is Cn1ccc(CN2CCCn3c(c4c(=O)n(-c5ccccc5Cl)[nH]c4cc3=O)C2)n1. The fourth-order valence-corrected chi connectivity index (χ4v) is 4.39. The molecule has 0 saturated heterocycles. The van der Waals surface area contributed by atoms with Crippen molar-refractivity contribution in [3.05, 3.63) is 79.7 Å².